The van der Waals surface area contributed by atoms with Crippen molar-refractivity contribution in [1.82, 2.24) is 19.8 Å². The molecule has 0 radical (unpaired) electrons. The van der Waals surface area contributed by atoms with Gasteiger partial charge in [-0.05, 0) is 44.9 Å². The average molecular weight is 384 g/mol. The fourth-order valence-corrected chi connectivity index (χ4v) is 3.33. The summed E-state index contributed by atoms with van der Waals surface area (Å²) in [4.78, 5) is 48.2. The SMILES string of the molecule is Cc1nc2ccc(C(=O)N(C)CC(=O)N3CCC(C(=O)O)CC3)cc2nc1C. The zero-order valence-corrected chi connectivity index (χ0v) is 16.3. The molecule has 1 aromatic carbocycles. The van der Waals surface area contributed by atoms with Crippen molar-refractivity contribution in [2.24, 2.45) is 5.92 Å². The van der Waals surface area contributed by atoms with Crippen LogP contribution in [-0.4, -0.2) is 69.3 Å². The molecule has 2 amide bonds. The normalized spacial score (nSPS) is 14.9. The molecule has 1 aliphatic rings. The molecule has 1 fully saturated rings. The third kappa shape index (κ3) is 4.11. The Bertz CT molecular complexity index is 935. The number of fused-ring (bicyclic) bond motifs is 1. The fourth-order valence-electron chi connectivity index (χ4n) is 3.33. The number of carboxylic acids is 1. The molecule has 1 aromatic heterocycles. The van der Waals surface area contributed by atoms with Gasteiger partial charge in [0.05, 0.1) is 34.9 Å². The second-order valence-electron chi connectivity index (χ2n) is 7.25. The molecule has 1 N–H and O–H groups in total. The lowest BCUT2D eigenvalue weighted by molar-refractivity contribution is -0.145. The average Bonchev–Trinajstić information content (AvgIpc) is 2.68. The Hall–Kier alpha value is -3.03. The number of carbonyl (C=O) groups is 3. The number of hydrogen-bond acceptors (Lipinski definition) is 5. The third-order valence-corrected chi connectivity index (χ3v) is 5.24. The van der Waals surface area contributed by atoms with Gasteiger partial charge in [-0.3, -0.25) is 14.4 Å². The largest absolute Gasteiger partial charge is 0.481 e. The van der Waals surface area contributed by atoms with Gasteiger partial charge in [-0.15, -0.1) is 0 Å². The number of aliphatic carboxylic acids is 1. The first-order chi connectivity index (χ1) is 13.3. The number of piperidine rings is 1. The van der Waals surface area contributed by atoms with Gasteiger partial charge >= 0.3 is 5.97 Å². The van der Waals surface area contributed by atoms with Crippen LogP contribution >= 0.6 is 0 Å². The molecule has 28 heavy (non-hydrogen) atoms. The molecular weight excluding hydrogens is 360 g/mol. The predicted molar refractivity (Wildman–Crippen MR) is 103 cm³/mol. The molecule has 8 nitrogen and oxygen atoms in total. The predicted octanol–water partition coefficient (Wildman–Crippen LogP) is 1.64. The van der Waals surface area contributed by atoms with E-state index < -0.39 is 11.9 Å². The lowest BCUT2D eigenvalue weighted by atomic mass is 9.97. The molecule has 148 valence electrons. The Balaban J connectivity index is 1.66. The highest BCUT2D eigenvalue weighted by Gasteiger charge is 2.28. The number of carbonyl (C=O) groups excluding carboxylic acids is 2. The van der Waals surface area contributed by atoms with Crippen molar-refractivity contribution >= 4 is 28.8 Å². The smallest absolute Gasteiger partial charge is 0.306 e. The van der Waals surface area contributed by atoms with Crippen LogP contribution in [-0.2, 0) is 9.59 Å². The van der Waals surface area contributed by atoms with Crippen LogP contribution < -0.4 is 0 Å². The van der Waals surface area contributed by atoms with E-state index in [9.17, 15) is 14.4 Å². The van der Waals surface area contributed by atoms with Crippen molar-refractivity contribution in [1.29, 1.82) is 0 Å². The van der Waals surface area contributed by atoms with Gasteiger partial charge in [0.25, 0.3) is 5.91 Å². The Morgan fingerprint density at radius 3 is 2.32 bits per heavy atom. The minimum absolute atomic E-state index is 0.0484. The summed E-state index contributed by atoms with van der Waals surface area (Å²) in [5.41, 5.74) is 3.47. The molecule has 2 aromatic rings. The zero-order valence-electron chi connectivity index (χ0n) is 16.3. The van der Waals surface area contributed by atoms with Crippen LogP contribution in [0.2, 0.25) is 0 Å². The molecule has 3 rings (SSSR count). The van der Waals surface area contributed by atoms with E-state index in [-0.39, 0.29) is 18.4 Å². The Morgan fingerprint density at radius 1 is 1.11 bits per heavy atom. The topological polar surface area (TPSA) is 104 Å². The molecule has 1 aliphatic heterocycles. The van der Waals surface area contributed by atoms with Crippen LogP contribution in [0.15, 0.2) is 18.2 Å². The van der Waals surface area contributed by atoms with Crippen molar-refractivity contribution in [3.05, 3.63) is 35.2 Å². The van der Waals surface area contributed by atoms with Gasteiger partial charge in [-0.1, -0.05) is 0 Å². The Kier molecular flexibility index (Phi) is 5.58. The quantitative estimate of drug-likeness (QED) is 0.859. The van der Waals surface area contributed by atoms with Gasteiger partial charge in [-0.25, -0.2) is 9.97 Å². The van der Waals surface area contributed by atoms with E-state index >= 15 is 0 Å². The van der Waals surface area contributed by atoms with Crippen LogP contribution in [0.3, 0.4) is 0 Å². The first-order valence-corrected chi connectivity index (χ1v) is 9.27. The summed E-state index contributed by atoms with van der Waals surface area (Å²) in [6, 6.07) is 5.14. The lowest BCUT2D eigenvalue weighted by Gasteiger charge is -2.31. The second kappa shape index (κ2) is 7.92. The van der Waals surface area contributed by atoms with E-state index in [0.29, 0.717) is 37.0 Å². The molecular formula is C20H24N4O4. The number of benzene rings is 1. The summed E-state index contributed by atoms with van der Waals surface area (Å²) in [6.45, 7) is 4.52. The van der Waals surface area contributed by atoms with Crippen LogP contribution in [0.5, 0.6) is 0 Å². The highest BCUT2D eigenvalue weighted by molar-refractivity contribution is 5.98. The van der Waals surface area contributed by atoms with Crippen molar-refractivity contribution in [3.8, 4) is 0 Å². The fraction of sp³-hybridized carbons (Fsp3) is 0.450. The van der Waals surface area contributed by atoms with Gasteiger partial charge in [0.1, 0.15) is 0 Å². The second-order valence-corrected chi connectivity index (χ2v) is 7.25. The molecule has 8 heteroatoms. The van der Waals surface area contributed by atoms with Crippen molar-refractivity contribution in [2.75, 3.05) is 26.7 Å². The number of amides is 2. The lowest BCUT2D eigenvalue weighted by Crippen LogP contribution is -2.45. The highest BCUT2D eigenvalue weighted by Crippen LogP contribution is 2.18. The number of likely N-dealkylation sites (tertiary alicyclic amines) is 1. The summed E-state index contributed by atoms with van der Waals surface area (Å²) in [5, 5.41) is 9.05. The molecule has 0 bridgehead atoms. The van der Waals surface area contributed by atoms with Crippen LogP contribution in [0.4, 0.5) is 0 Å². The maximum absolute atomic E-state index is 12.7. The Labute approximate surface area is 163 Å². The molecule has 0 saturated carbocycles. The van der Waals surface area contributed by atoms with E-state index in [1.165, 1.54) is 4.90 Å². The van der Waals surface area contributed by atoms with E-state index in [2.05, 4.69) is 9.97 Å². The van der Waals surface area contributed by atoms with Crippen molar-refractivity contribution in [2.45, 2.75) is 26.7 Å². The molecule has 0 spiro atoms. The van der Waals surface area contributed by atoms with Gasteiger partial charge in [0.2, 0.25) is 5.91 Å². The van der Waals surface area contributed by atoms with Gasteiger partial charge in [0.15, 0.2) is 0 Å². The standard InChI is InChI=1S/C20H24N4O4/c1-12-13(2)22-17-10-15(4-5-16(17)21-12)19(26)23(3)11-18(25)24-8-6-14(7-9-24)20(27)28/h4-5,10,14H,6-9,11H2,1-3H3,(H,27,28). The molecule has 2 heterocycles. The van der Waals surface area contributed by atoms with Crippen LogP contribution in [0.25, 0.3) is 11.0 Å². The minimum Gasteiger partial charge on any atom is -0.481 e. The van der Waals surface area contributed by atoms with Crippen molar-refractivity contribution < 1.29 is 19.5 Å². The van der Waals surface area contributed by atoms with E-state index in [0.717, 1.165) is 16.9 Å². The van der Waals surface area contributed by atoms with Crippen molar-refractivity contribution in [3.63, 3.8) is 0 Å². The maximum atomic E-state index is 12.7. The molecule has 1 saturated heterocycles. The van der Waals surface area contributed by atoms with Gasteiger partial charge in [0, 0.05) is 25.7 Å². The Morgan fingerprint density at radius 2 is 1.71 bits per heavy atom. The number of rotatable bonds is 4. The van der Waals surface area contributed by atoms with Gasteiger partial charge < -0.3 is 14.9 Å². The first-order valence-electron chi connectivity index (χ1n) is 9.27. The molecule has 0 aliphatic carbocycles. The van der Waals surface area contributed by atoms with Crippen LogP contribution in [0.1, 0.15) is 34.6 Å². The maximum Gasteiger partial charge on any atom is 0.306 e. The highest BCUT2D eigenvalue weighted by atomic mass is 16.4. The summed E-state index contributed by atoms with van der Waals surface area (Å²) in [5.74, 6) is -1.65. The summed E-state index contributed by atoms with van der Waals surface area (Å²) >= 11 is 0. The van der Waals surface area contributed by atoms with E-state index in [1.54, 1.807) is 30.1 Å². The first kappa shape index (κ1) is 19.7. The number of hydrogen-bond donors (Lipinski definition) is 1. The number of likely N-dealkylation sites (N-methyl/N-ethyl adjacent to an activating group) is 1. The van der Waals surface area contributed by atoms with Gasteiger partial charge in [-0.2, -0.15) is 0 Å². The van der Waals surface area contributed by atoms with E-state index in [1.807, 2.05) is 13.8 Å². The zero-order chi connectivity index (χ0) is 20.4. The third-order valence-electron chi connectivity index (χ3n) is 5.24. The van der Waals surface area contributed by atoms with E-state index in [4.69, 9.17) is 5.11 Å². The number of aromatic nitrogens is 2. The summed E-state index contributed by atoms with van der Waals surface area (Å²) in [6.07, 6.45) is 0.891. The monoisotopic (exact) mass is 384 g/mol. The minimum atomic E-state index is -0.816. The molecule has 0 unspecified atom stereocenters. The number of carboxylic acid groups (broad SMARTS) is 1. The number of nitrogens with zero attached hydrogens (tertiary/aromatic N) is 4. The summed E-state index contributed by atoms with van der Waals surface area (Å²) in [7, 11) is 1.58. The summed E-state index contributed by atoms with van der Waals surface area (Å²) < 4.78 is 0. The van der Waals surface area contributed by atoms with Crippen LogP contribution in [0, 0.1) is 19.8 Å². The number of aryl methyl sites for hydroxylation is 2. The molecule has 0 atom stereocenters.